The van der Waals surface area contributed by atoms with Gasteiger partial charge in [0.2, 0.25) is 0 Å². The van der Waals surface area contributed by atoms with E-state index < -0.39 is 5.60 Å². The number of halogens is 1. The van der Waals surface area contributed by atoms with Gasteiger partial charge in [-0.15, -0.1) is 0 Å². The highest BCUT2D eigenvalue weighted by molar-refractivity contribution is 5.32. The molecule has 2 aliphatic rings. The lowest BCUT2D eigenvalue weighted by molar-refractivity contribution is -0.0202. The first-order chi connectivity index (χ1) is 9.61. The summed E-state index contributed by atoms with van der Waals surface area (Å²) in [5.74, 6) is 1.40. The highest BCUT2D eigenvalue weighted by atomic mass is 19.1. The van der Waals surface area contributed by atoms with Crippen LogP contribution in [0, 0.1) is 17.7 Å². The van der Waals surface area contributed by atoms with E-state index in [4.69, 9.17) is 4.74 Å². The Kier molecular flexibility index (Phi) is 3.72. The molecule has 2 saturated carbocycles. The molecular weight excluding hydrogens is 255 g/mol. The normalized spacial score (nSPS) is 30.2. The van der Waals surface area contributed by atoms with Crippen LogP contribution >= 0.6 is 0 Å². The average molecular weight is 278 g/mol. The first-order valence-electron chi connectivity index (χ1n) is 7.65. The largest absolute Gasteiger partial charge is 0.494 e. The number of rotatable bonds is 4. The van der Waals surface area contributed by atoms with Gasteiger partial charge in [0.25, 0.3) is 0 Å². The number of methoxy groups -OCH3 is 1. The van der Waals surface area contributed by atoms with E-state index >= 15 is 0 Å². The van der Waals surface area contributed by atoms with Gasteiger partial charge in [-0.1, -0.05) is 18.6 Å². The summed E-state index contributed by atoms with van der Waals surface area (Å²) in [7, 11) is 1.47. The maximum absolute atomic E-state index is 14.2. The lowest BCUT2D eigenvalue weighted by atomic mass is 9.73. The fourth-order valence-corrected chi connectivity index (χ4v) is 3.72. The zero-order chi connectivity index (χ0) is 14.2. The topological polar surface area (TPSA) is 29.5 Å². The molecule has 0 radical (unpaired) electrons. The summed E-state index contributed by atoms with van der Waals surface area (Å²) in [6.45, 7) is 0. The molecule has 2 fully saturated rings. The van der Waals surface area contributed by atoms with Crippen LogP contribution in [0.4, 0.5) is 4.39 Å². The van der Waals surface area contributed by atoms with Crippen molar-refractivity contribution in [2.24, 2.45) is 11.8 Å². The van der Waals surface area contributed by atoms with E-state index in [2.05, 4.69) is 0 Å². The Morgan fingerprint density at radius 1 is 1.30 bits per heavy atom. The average Bonchev–Trinajstić information content (AvgIpc) is 3.25. The summed E-state index contributed by atoms with van der Waals surface area (Å²) in [5.41, 5.74) is -0.165. The van der Waals surface area contributed by atoms with Crippen molar-refractivity contribution in [3.63, 3.8) is 0 Å². The van der Waals surface area contributed by atoms with Gasteiger partial charge >= 0.3 is 0 Å². The highest BCUT2D eigenvalue weighted by Gasteiger charge is 2.41. The number of hydrogen-bond acceptors (Lipinski definition) is 2. The van der Waals surface area contributed by atoms with Crippen LogP contribution in [0.2, 0.25) is 0 Å². The van der Waals surface area contributed by atoms with Gasteiger partial charge in [0, 0.05) is 6.42 Å². The van der Waals surface area contributed by atoms with E-state index in [0.29, 0.717) is 17.9 Å². The fraction of sp³-hybridized carbons (Fsp3) is 0.647. The Hall–Kier alpha value is -1.09. The Labute approximate surface area is 120 Å². The third-order valence-corrected chi connectivity index (χ3v) is 4.93. The van der Waals surface area contributed by atoms with Crippen molar-refractivity contribution in [1.29, 1.82) is 0 Å². The number of benzene rings is 1. The van der Waals surface area contributed by atoms with Crippen LogP contribution in [0.25, 0.3) is 0 Å². The minimum Gasteiger partial charge on any atom is -0.494 e. The zero-order valence-corrected chi connectivity index (χ0v) is 12.1. The second kappa shape index (κ2) is 5.36. The molecule has 0 spiro atoms. The zero-order valence-electron chi connectivity index (χ0n) is 12.1. The lowest BCUT2D eigenvalue weighted by Gasteiger charge is -2.37. The summed E-state index contributed by atoms with van der Waals surface area (Å²) >= 11 is 0. The van der Waals surface area contributed by atoms with Crippen molar-refractivity contribution in [2.45, 2.75) is 50.5 Å². The van der Waals surface area contributed by atoms with Crippen LogP contribution in [0.1, 0.15) is 44.1 Å². The summed E-state index contributed by atoms with van der Waals surface area (Å²) < 4.78 is 19.3. The van der Waals surface area contributed by atoms with E-state index in [1.807, 2.05) is 0 Å². The van der Waals surface area contributed by atoms with Gasteiger partial charge in [0.1, 0.15) is 0 Å². The second-order valence-electron chi connectivity index (χ2n) is 6.53. The van der Waals surface area contributed by atoms with Crippen LogP contribution in [0.3, 0.4) is 0 Å². The van der Waals surface area contributed by atoms with Gasteiger partial charge in [0.05, 0.1) is 12.7 Å². The Morgan fingerprint density at radius 2 is 2.10 bits per heavy atom. The molecule has 20 heavy (non-hydrogen) atoms. The Bertz CT molecular complexity index is 484. The third kappa shape index (κ3) is 2.83. The minimum atomic E-state index is -0.737. The van der Waals surface area contributed by atoms with Crippen LogP contribution in [-0.4, -0.2) is 17.8 Å². The SMILES string of the molecule is COc1cccc(CC2(O)CCCC(C3CC3)C2)c1F. The molecule has 0 aliphatic heterocycles. The summed E-state index contributed by atoms with van der Waals surface area (Å²) in [6, 6.07) is 5.18. The molecule has 0 bridgehead atoms. The molecule has 2 nitrogen and oxygen atoms in total. The van der Waals surface area contributed by atoms with Crippen molar-refractivity contribution >= 4 is 0 Å². The van der Waals surface area contributed by atoms with Crippen LogP contribution in [-0.2, 0) is 6.42 Å². The smallest absolute Gasteiger partial charge is 0.168 e. The van der Waals surface area contributed by atoms with Crippen molar-refractivity contribution in [3.8, 4) is 5.75 Å². The maximum atomic E-state index is 14.2. The number of aliphatic hydroxyl groups is 1. The van der Waals surface area contributed by atoms with E-state index in [1.165, 1.54) is 26.4 Å². The molecule has 2 atom stereocenters. The molecule has 0 saturated heterocycles. The van der Waals surface area contributed by atoms with Gasteiger partial charge in [0.15, 0.2) is 11.6 Å². The molecule has 2 unspecified atom stereocenters. The molecular formula is C17H23FO2. The predicted octanol–water partition coefficient (Wildman–Crippen LogP) is 3.71. The van der Waals surface area contributed by atoms with E-state index in [9.17, 15) is 9.50 Å². The molecule has 1 N–H and O–H groups in total. The van der Waals surface area contributed by atoms with E-state index in [-0.39, 0.29) is 11.6 Å². The van der Waals surface area contributed by atoms with Gasteiger partial charge in [-0.05, 0) is 55.6 Å². The van der Waals surface area contributed by atoms with Crippen LogP contribution in [0.15, 0.2) is 18.2 Å². The molecule has 3 rings (SSSR count). The number of hydrogen-bond donors (Lipinski definition) is 1. The van der Waals surface area contributed by atoms with E-state index in [1.54, 1.807) is 18.2 Å². The van der Waals surface area contributed by atoms with Crippen molar-refractivity contribution in [3.05, 3.63) is 29.6 Å². The first-order valence-corrected chi connectivity index (χ1v) is 7.65. The summed E-state index contributed by atoms with van der Waals surface area (Å²) in [4.78, 5) is 0. The summed E-state index contributed by atoms with van der Waals surface area (Å²) in [6.07, 6.45) is 6.93. The van der Waals surface area contributed by atoms with E-state index in [0.717, 1.165) is 25.2 Å². The monoisotopic (exact) mass is 278 g/mol. The second-order valence-corrected chi connectivity index (χ2v) is 6.53. The quantitative estimate of drug-likeness (QED) is 0.909. The fourth-order valence-electron chi connectivity index (χ4n) is 3.72. The van der Waals surface area contributed by atoms with Crippen LogP contribution in [0.5, 0.6) is 5.75 Å². The summed E-state index contributed by atoms with van der Waals surface area (Å²) in [5, 5.41) is 10.9. The van der Waals surface area contributed by atoms with Gasteiger partial charge in [-0.2, -0.15) is 0 Å². The Morgan fingerprint density at radius 3 is 2.80 bits per heavy atom. The van der Waals surface area contributed by atoms with Crippen molar-refractivity contribution < 1.29 is 14.2 Å². The molecule has 0 heterocycles. The molecule has 3 heteroatoms. The molecule has 0 amide bonds. The van der Waals surface area contributed by atoms with Gasteiger partial charge < -0.3 is 9.84 Å². The molecule has 2 aliphatic carbocycles. The van der Waals surface area contributed by atoms with Crippen molar-refractivity contribution in [2.75, 3.05) is 7.11 Å². The predicted molar refractivity (Wildman–Crippen MR) is 76.3 cm³/mol. The molecule has 0 aromatic heterocycles. The van der Waals surface area contributed by atoms with Gasteiger partial charge in [-0.25, -0.2) is 4.39 Å². The molecule has 110 valence electrons. The maximum Gasteiger partial charge on any atom is 0.168 e. The van der Waals surface area contributed by atoms with Crippen LogP contribution < -0.4 is 4.74 Å². The van der Waals surface area contributed by atoms with Gasteiger partial charge in [-0.3, -0.25) is 0 Å². The first kappa shape index (κ1) is 13.9. The third-order valence-electron chi connectivity index (χ3n) is 4.93. The molecule has 1 aromatic rings. The highest BCUT2D eigenvalue weighted by Crippen LogP contribution is 2.47. The molecule has 1 aromatic carbocycles. The van der Waals surface area contributed by atoms with Crippen molar-refractivity contribution in [1.82, 2.24) is 0 Å². The Balaban J connectivity index is 1.75. The minimum absolute atomic E-state index is 0.264. The lowest BCUT2D eigenvalue weighted by Crippen LogP contribution is -2.38. The number of ether oxygens (including phenoxy) is 1. The standard InChI is InChI=1S/C17H23FO2/c1-20-15-6-2-4-14(16(15)18)11-17(19)9-3-5-13(10-17)12-7-8-12/h2,4,6,12-13,19H,3,5,7-11H2,1H3.